The van der Waals surface area contributed by atoms with E-state index in [2.05, 4.69) is 25.5 Å². The van der Waals surface area contributed by atoms with Crippen molar-refractivity contribution in [1.82, 2.24) is 9.55 Å². The minimum Gasteiger partial charge on any atom is -0.507 e. The first-order chi connectivity index (χ1) is 10.1. The first kappa shape index (κ1) is 12.8. The molecule has 1 aliphatic rings. The van der Waals surface area contributed by atoms with Gasteiger partial charge in [0.25, 0.3) is 0 Å². The number of nitrogens with zero attached hydrogens (tertiary/aromatic N) is 2. The lowest BCUT2D eigenvalue weighted by atomic mass is 10.2. The second-order valence-corrected chi connectivity index (χ2v) is 6.25. The molecule has 1 heterocycles. The zero-order valence-corrected chi connectivity index (χ0v) is 12.6. The van der Waals surface area contributed by atoms with Gasteiger partial charge in [0.15, 0.2) is 0 Å². The molecule has 2 aromatic carbocycles. The highest BCUT2D eigenvalue weighted by atomic mass is 79.9. The Balaban J connectivity index is 2.01. The molecular formula is C16H12BrFN2O. The molecule has 0 radical (unpaired) electrons. The quantitative estimate of drug-likeness (QED) is 0.733. The predicted molar refractivity (Wildman–Crippen MR) is 82.8 cm³/mol. The van der Waals surface area contributed by atoms with Crippen LogP contribution in [0.15, 0.2) is 40.9 Å². The highest BCUT2D eigenvalue weighted by Crippen LogP contribution is 2.43. The van der Waals surface area contributed by atoms with Crippen molar-refractivity contribution in [2.45, 2.75) is 18.9 Å². The molecule has 1 aliphatic carbocycles. The monoisotopic (exact) mass is 346 g/mol. The highest BCUT2D eigenvalue weighted by molar-refractivity contribution is 9.10. The molecule has 0 atom stereocenters. The van der Waals surface area contributed by atoms with Crippen LogP contribution < -0.4 is 0 Å². The molecule has 1 N–H and O–H groups in total. The second-order valence-electron chi connectivity index (χ2n) is 5.33. The largest absolute Gasteiger partial charge is 0.507 e. The molecule has 0 saturated heterocycles. The van der Waals surface area contributed by atoms with Gasteiger partial charge < -0.3 is 9.67 Å². The number of rotatable bonds is 2. The Hall–Kier alpha value is -1.88. The summed E-state index contributed by atoms with van der Waals surface area (Å²) in [5.74, 6) is 0.169. The summed E-state index contributed by atoms with van der Waals surface area (Å²) in [6.07, 6.45) is 2.22. The summed E-state index contributed by atoms with van der Waals surface area (Å²) < 4.78 is 16.3. The minimum absolute atomic E-state index is 0.0775. The van der Waals surface area contributed by atoms with Gasteiger partial charge in [0, 0.05) is 16.6 Å². The second kappa shape index (κ2) is 4.56. The fraction of sp³-hybridized carbons (Fsp3) is 0.188. The number of aromatic nitrogens is 2. The number of halogens is 2. The Morgan fingerprint density at radius 2 is 2.00 bits per heavy atom. The van der Waals surface area contributed by atoms with Crippen LogP contribution in [-0.4, -0.2) is 14.7 Å². The molecule has 0 amide bonds. The number of hydrogen-bond acceptors (Lipinski definition) is 2. The lowest BCUT2D eigenvalue weighted by Gasteiger charge is -2.09. The van der Waals surface area contributed by atoms with Crippen molar-refractivity contribution in [3.63, 3.8) is 0 Å². The van der Waals surface area contributed by atoms with Crippen LogP contribution in [0.5, 0.6) is 5.75 Å². The predicted octanol–water partition coefficient (Wildman–Crippen LogP) is 4.65. The van der Waals surface area contributed by atoms with E-state index >= 15 is 0 Å². The molecule has 21 heavy (non-hydrogen) atoms. The van der Waals surface area contributed by atoms with E-state index in [1.165, 1.54) is 6.07 Å². The number of aromatic hydroxyl groups is 1. The first-order valence-electron chi connectivity index (χ1n) is 6.80. The van der Waals surface area contributed by atoms with Gasteiger partial charge in [0.2, 0.25) is 0 Å². The Morgan fingerprint density at radius 1 is 1.19 bits per heavy atom. The van der Waals surface area contributed by atoms with Gasteiger partial charge in [-0.1, -0.05) is 15.9 Å². The summed E-state index contributed by atoms with van der Waals surface area (Å²) in [6.45, 7) is 0. The minimum atomic E-state index is -0.451. The molecule has 3 aromatic rings. The van der Waals surface area contributed by atoms with Crippen molar-refractivity contribution in [2.75, 3.05) is 0 Å². The van der Waals surface area contributed by atoms with E-state index in [0.717, 1.165) is 34.4 Å². The molecule has 4 rings (SSSR count). The van der Waals surface area contributed by atoms with Crippen molar-refractivity contribution in [3.8, 4) is 17.1 Å². The topological polar surface area (TPSA) is 38.1 Å². The van der Waals surface area contributed by atoms with Crippen LogP contribution in [0.2, 0.25) is 0 Å². The summed E-state index contributed by atoms with van der Waals surface area (Å²) >= 11 is 3.45. The highest BCUT2D eigenvalue weighted by Gasteiger charge is 2.29. The molecule has 106 valence electrons. The van der Waals surface area contributed by atoms with Crippen LogP contribution in [-0.2, 0) is 0 Å². The van der Waals surface area contributed by atoms with Crippen molar-refractivity contribution in [2.24, 2.45) is 0 Å². The summed E-state index contributed by atoms with van der Waals surface area (Å²) in [5.41, 5.74) is 2.48. The Morgan fingerprint density at radius 3 is 2.71 bits per heavy atom. The van der Waals surface area contributed by atoms with E-state index < -0.39 is 5.82 Å². The van der Waals surface area contributed by atoms with E-state index in [9.17, 15) is 9.50 Å². The van der Waals surface area contributed by atoms with Crippen LogP contribution in [0.1, 0.15) is 18.9 Å². The molecule has 0 unspecified atom stereocenters. The van der Waals surface area contributed by atoms with Gasteiger partial charge >= 0.3 is 0 Å². The number of benzene rings is 2. The Kier molecular flexibility index (Phi) is 2.79. The molecule has 3 nitrogen and oxygen atoms in total. The van der Waals surface area contributed by atoms with Gasteiger partial charge in [0.1, 0.15) is 17.4 Å². The SMILES string of the molecule is Oc1cc(F)ccc1-c1nc2cc(Br)ccc2n1C1CC1. The molecule has 1 fully saturated rings. The van der Waals surface area contributed by atoms with Gasteiger partial charge in [0.05, 0.1) is 16.6 Å². The third-order valence-corrected chi connectivity index (χ3v) is 4.26. The normalized spacial score (nSPS) is 14.8. The summed E-state index contributed by atoms with van der Waals surface area (Å²) in [4.78, 5) is 4.65. The average molecular weight is 347 g/mol. The number of phenols is 1. The van der Waals surface area contributed by atoms with Gasteiger partial charge in [-0.3, -0.25) is 0 Å². The number of hydrogen-bond donors (Lipinski definition) is 1. The zero-order valence-electron chi connectivity index (χ0n) is 11.1. The van der Waals surface area contributed by atoms with Crippen molar-refractivity contribution in [3.05, 3.63) is 46.7 Å². The zero-order chi connectivity index (χ0) is 14.6. The fourth-order valence-electron chi connectivity index (χ4n) is 2.66. The molecule has 5 heteroatoms. The summed E-state index contributed by atoms with van der Waals surface area (Å²) in [6, 6.07) is 10.4. The van der Waals surface area contributed by atoms with Crippen LogP contribution in [0.4, 0.5) is 4.39 Å². The van der Waals surface area contributed by atoms with Crippen LogP contribution >= 0.6 is 15.9 Å². The third-order valence-electron chi connectivity index (χ3n) is 3.76. The standard InChI is InChI=1S/C16H12BrFN2O/c17-9-1-6-14-13(7-9)19-16(20(14)11-3-4-11)12-5-2-10(18)8-15(12)21/h1-2,5-8,11,21H,3-4H2. The number of imidazole rings is 1. The van der Waals surface area contributed by atoms with Crippen molar-refractivity contribution < 1.29 is 9.50 Å². The number of phenolic OH excluding ortho intramolecular Hbond substituents is 1. The van der Waals surface area contributed by atoms with Gasteiger partial charge in [-0.15, -0.1) is 0 Å². The molecule has 1 aromatic heterocycles. The van der Waals surface area contributed by atoms with Gasteiger partial charge in [-0.25, -0.2) is 9.37 Å². The van der Waals surface area contributed by atoms with Gasteiger partial charge in [-0.2, -0.15) is 0 Å². The number of fused-ring (bicyclic) bond motifs is 1. The van der Waals surface area contributed by atoms with E-state index in [-0.39, 0.29) is 5.75 Å². The van der Waals surface area contributed by atoms with Crippen LogP contribution in [0, 0.1) is 5.82 Å². The molecule has 0 aliphatic heterocycles. The molecule has 0 spiro atoms. The maximum atomic E-state index is 13.2. The fourth-order valence-corrected chi connectivity index (χ4v) is 3.01. The van der Waals surface area contributed by atoms with E-state index in [4.69, 9.17) is 0 Å². The lowest BCUT2D eigenvalue weighted by molar-refractivity contribution is 0.470. The molecule has 1 saturated carbocycles. The maximum absolute atomic E-state index is 13.2. The maximum Gasteiger partial charge on any atom is 0.145 e. The van der Waals surface area contributed by atoms with Crippen molar-refractivity contribution >= 4 is 27.0 Å². The Bertz CT molecular complexity index is 855. The van der Waals surface area contributed by atoms with Gasteiger partial charge in [-0.05, 0) is 43.2 Å². The average Bonchev–Trinajstić information content (AvgIpc) is 3.20. The first-order valence-corrected chi connectivity index (χ1v) is 7.59. The van der Waals surface area contributed by atoms with E-state index in [0.29, 0.717) is 17.4 Å². The summed E-state index contributed by atoms with van der Waals surface area (Å²) in [7, 11) is 0. The molecule has 0 bridgehead atoms. The van der Waals surface area contributed by atoms with Crippen LogP contribution in [0.3, 0.4) is 0 Å². The Labute approximate surface area is 129 Å². The molecular weight excluding hydrogens is 335 g/mol. The van der Waals surface area contributed by atoms with Crippen molar-refractivity contribution in [1.29, 1.82) is 0 Å². The lowest BCUT2D eigenvalue weighted by Crippen LogP contribution is -1.97. The van der Waals surface area contributed by atoms with Crippen LogP contribution in [0.25, 0.3) is 22.4 Å². The summed E-state index contributed by atoms with van der Waals surface area (Å²) in [5, 5.41) is 10.0. The smallest absolute Gasteiger partial charge is 0.145 e. The van der Waals surface area contributed by atoms with E-state index in [1.807, 2.05) is 18.2 Å². The third kappa shape index (κ3) is 2.12. The van der Waals surface area contributed by atoms with E-state index in [1.54, 1.807) is 6.07 Å².